The average Bonchev–Trinajstić information content (AvgIpc) is 2.26. The van der Waals surface area contributed by atoms with Gasteiger partial charge < -0.3 is 10.6 Å². The quantitative estimate of drug-likeness (QED) is 0.765. The summed E-state index contributed by atoms with van der Waals surface area (Å²) in [5, 5.41) is 0. The minimum atomic E-state index is 0.311. The van der Waals surface area contributed by atoms with Crippen LogP contribution in [0.5, 0.6) is 0 Å². The van der Waals surface area contributed by atoms with Crippen molar-refractivity contribution < 1.29 is 0 Å². The van der Waals surface area contributed by atoms with Gasteiger partial charge in [0.1, 0.15) is 10.7 Å². The Bertz CT molecular complexity index is 340. The van der Waals surface area contributed by atoms with Crippen molar-refractivity contribution >= 4 is 23.2 Å². The van der Waals surface area contributed by atoms with Crippen molar-refractivity contribution in [3.05, 3.63) is 18.0 Å². The Morgan fingerprint density at radius 2 is 2.27 bits per heavy atom. The maximum atomic E-state index is 5.52. The number of aromatic nitrogens is 2. The number of hydrogen-bond donors (Lipinski definition) is 1. The summed E-state index contributed by atoms with van der Waals surface area (Å²) in [6.45, 7) is 6.03. The zero-order chi connectivity index (χ0) is 11.3. The summed E-state index contributed by atoms with van der Waals surface area (Å²) >= 11 is 4.88. The molecule has 0 radical (unpaired) electrons. The molecule has 5 heteroatoms. The maximum absolute atomic E-state index is 5.52. The highest BCUT2D eigenvalue weighted by atomic mass is 32.1. The van der Waals surface area contributed by atoms with Gasteiger partial charge >= 0.3 is 0 Å². The fraction of sp³-hybridized carbons (Fsp3) is 0.500. The lowest BCUT2D eigenvalue weighted by Gasteiger charge is -2.19. The van der Waals surface area contributed by atoms with Crippen LogP contribution >= 0.6 is 12.2 Å². The number of thiocarbonyl (C=S) groups is 1. The van der Waals surface area contributed by atoms with Crippen LogP contribution in [0.25, 0.3) is 0 Å². The van der Waals surface area contributed by atoms with Crippen LogP contribution in [0.1, 0.15) is 26.0 Å². The molecule has 0 aliphatic carbocycles. The van der Waals surface area contributed by atoms with Gasteiger partial charge in [-0.15, -0.1) is 0 Å². The molecule has 0 fully saturated rings. The van der Waals surface area contributed by atoms with Gasteiger partial charge in [-0.25, -0.2) is 9.97 Å². The van der Waals surface area contributed by atoms with Gasteiger partial charge in [0, 0.05) is 19.3 Å². The maximum Gasteiger partial charge on any atom is 0.225 e. The molecule has 1 aromatic heterocycles. The van der Waals surface area contributed by atoms with Crippen LogP contribution in [0.3, 0.4) is 0 Å². The average molecular weight is 224 g/mol. The van der Waals surface area contributed by atoms with E-state index < -0.39 is 0 Å². The van der Waals surface area contributed by atoms with E-state index in [9.17, 15) is 0 Å². The standard InChI is InChI=1S/C10H16N4S/c1-3-7-14(4-2)10-12-6-5-8(13-10)9(11)15/h5-6H,3-4,7H2,1-2H3,(H2,11,15). The van der Waals surface area contributed by atoms with E-state index in [2.05, 4.69) is 28.7 Å². The second kappa shape index (κ2) is 5.60. The number of nitrogens with two attached hydrogens (primary N) is 1. The molecule has 0 amide bonds. The molecular formula is C10H16N4S. The van der Waals surface area contributed by atoms with Gasteiger partial charge in [-0.1, -0.05) is 19.1 Å². The molecule has 15 heavy (non-hydrogen) atoms. The molecule has 0 saturated carbocycles. The summed E-state index contributed by atoms with van der Waals surface area (Å²) in [5.74, 6) is 0.699. The third-order valence-corrected chi connectivity index (χ3v) is 2.26. The van der Waals surface area contributed by atoms with E-state index in [-0.39, 0.29) is 0 Å². The van der Waals surface area contributed by atoms with Gasteiger partial charge in [0.15, 0.2) is 0 Å². The first-order valence-corrected chi connectivity index (χ1v) is 5.47. The van der Waals surface area contributed by atoms with Crippen molar-refractivity contribution in [3.63, 3.8) is 0 Å². The lowest BCUT2D eigenvalue weighted by molar-refractivity contribution is 0.761. The van der Waals surface area contributed by atoms with Crippen molar-refractivity contribution in [2.24, 2.45) is 5.73 Å². The molecule has 1 aromatic rings. The summed E-state index contributed by atoms with van der Waals surface area (Å²) in [7, 11) is 0. The van der Waals surface area contributed by atoms with E-state index in [1.807, 2.05) is 0 Å². The molecule has 0 saturated heterocycles. The highest BCUT2D eigenvalue weighted by Gasteiger charge is 2.07. The van der Waals surface area contributed by atoms with E-state index >= 15 is 0 Å². The second-order valence-electron chi connectivity index (χ2n) is 3.19. The van der Waals surface area contributed by atoms with Crippen LogP contribution in [0, 0.1) is 0 Å². The Morgan fingerprint density at radius 3 is 2.80 bits per heavy atom. The molecule has 82 valence electrons. The summed E-state index contributed by atoms with van der Waals surface area (Å²) in [6, 6.07) is 1.73. The highest BCUT2D eigenvalue weighted by Crippen LogP contribution is 2.07. The number of hydrogen-bond acceptors (Lipinski definition) is 4. The predicted molar refractivity (Wildman–Crippen MR) is 66.1 cm³/mol. The largest absolute Gasteiger partial charge is 0.388 e. The lowest BCUT2D eigenvalue weighted by atomic mass is 10.4. The van der Waals surface area contributed by atoms with Crippen molar-refractivity contribution in [2.75, 3.05) is 18.0 Å². The zero-order valence-corrected chi connectivity index (χ0v) is 9.92. The molecule has 0 aromatic carbocycles. The zero-order valence-electron chi connectivity index (χ0n) is 9.10. The molecular weight excluding hydrogens is 208 g/mol. The van der Waals surface area contributed by atoms with E-state index in [1.54, 1.807) is 12.3 Å². The normalized spacial score (nSPS) is 10.0. The van der Waals surface area contributed by atoms with Crippen LogP contribution in [0.2, 0.25) is 0 Å². The number of nitrogens with zero attached hydrogens (tertiary/aromatic N) is 3. The van der Waals surface area contributed by atoms with Gasteiger partial charge in [0.25, 0.3) is 0 Å². The van der Waals surface area contributed by atoms with Crippen LogP contribution in [-0.2, 0) is 0 Å². The monoisotopic (exact) mass is 224 g/mol. The van der Waals surface area contributed by atoms with E-state index in [1.165, 1.54) is 0 Å². The molecule has 0 spiro atoms. The predicted octanol–water partition coefficient (Wildman–Crippen LogP) is 1.35. The molecule has 1 rings (SSSR count). The van der Waals surface area contributed by atoms with Crippen molar-refractivity contribution in [2.45, 2.75) is 20.3 Å². The molecule has 1 heterocycles. The third kappa shape index (κ3) is 3.13. The minimum absolute atomic E-state index is 0.311. The molecule has 0 aliphatic heterocycles. The molecule has 0 unspecified atom stereocenters. The van der Waals surface area contributed by atoms with Gasteiger partial charge in [0.2, 0.25) is 5.95 Å². The summed E-state index contributed by atoms with van der Waals surface area (Å²) in [6.07, 6.45) is 2.75. The first-order valence-electron chi connectivity index (χ1n) is 5.06. The number of rotatable bonds is 5. The van der Waals surface area contributed by atoms with Gasteiger partial charge in [-0.2, -0.15) is 0 Å². The highest BCUT2D eigenvalue weighted by molar-refractivity contribution is 7.80. The van der Waals surface area contributed by atoms with E-state index in [0.717, 1.165) is 19.5 Å². The van der Waals surface area contributed by atoms with Gasteiger partial charge in [-0.3, -0.25) is 0 Å². The Balaban J connectivity index is 2.92. The SMILES string of the molecule is CCCN(CC)c1nccc(C(N)=S)n1. The molecule has 0 aliphatic rings. The Labute approximate surface area is 95.5 Å². The number of anilines is 1. The first kappa shape index (κ1) is 11.8. The third-order valence-electron chi connectivity index (χ3n) is 2.05. The summed E-state index contributed by atoms with van der Waals surface area (Å²) < 4.78 is 0. The smallest absolute Gasteiger partial charge is 0.225 e. The van der Waals surface area contributed by atoms with E-state index in [0.29, 0.717) is 16.6 Å². The summed E-state index contributed by atoms with van der Waals surface area (Å²) in [5.41, 5.74) is 6.15. The Hall–Kier alpha value is -1.23. The molecule has 4 nitrogen and oxygen atoms in total. The molecule has 2 N–H and O–H groups in total. The Kier molecular flexibility index (Phi) is 4.42. The van der Waals surface area contributed by atoms with E-state index in [4.69, 9.17) is 18.0 Å². The first-order chi connectivity index (χ1) is 7.19. The minimum Gasteiger partial charge on any atom is -0.388 e. The van der Waals surface area contributed by atoms with Gasteiger partial charge in [-0.05, 0) is 19.4 Å². The topological polar surface area (TPSA) is 55.0 Å². The molecule has 0 atom stereocenters. The van der Waals surface area contributed by atoms with Crippen molar-refractivity contribution in [1.29, 1.82) is 0 Å². The van der Waals surface area contributed by atoms with Gasteiger partial charge in [0.05, 0.1) is 0 Å². The summed E-state index contributed by atoms with van der Waals surface area (Å²) in [4.78, 5) is 10.9. The van der Waals surface area contributed by atoms with Crippen LogP contribution < -0.4 is 10.6 Å². The fourth-order valence-electron chi connectivity index (χ4n) is 1.31. The van der Waals surface area contributed by atoms with Crippen molar-refractivity contribution in [3.8, 4) is 0 Å². The molecule has 0 bridgehead atoms. The Morgan fingerprint density at radius 1 is 1.53 bits per heavy atom. The fourth-order valence-corrected chi connectivity index (χ4v) is 1.42. The van der Waals surface area contributed by atoms with Crippen LogP contribution in [-0.4, -0.2) is 28.0 Å². The van der Waals surface area contributed by atoms with Crippen LogP contribution in [0.4, 0.5) is 5.95 Å². The lowest BCUT2D eigenvalue weighted by Crippen LogP contribution is -2.26. The van der Waals surface area contributed by atoms with Crippen molar-refractivity contribution in [1.82, 2.24) is 9.97 Å². The second-order valence-corrected chi connectivity index (χ2v) is 3.63. The van der Waals surface area contributed by atoms with Crippen LogP contribution in [0.15, 0.2) is 12.3 Å².